The molecule has 0 bridgehead atoms. The second-order valence-electron chi connectivity index (χ2n) is 5.54. The van der Waals surface area contributed by atoms with Gasteiger partial charge in [-0.2, -0.15) is 0 Å². The first-order chi connectivity index (χ1) is 9.85. The molecular formula is C16H25N3O2. The molecule has 0 aliphatic rings. The molecule has 116 valence electrons. The molecule has 1 aromatic rings. The minimum atomic E-state index is -0.631. The summed E-state index contributed by atoms with van der Waals surface area (Å²) in [7, 11) is 0. The summed E-state index contributed by atoms with van der Waals surface area (Å²) in [6.07, 6.45) is 0.952. The zero-order valence-corrected chi connectivity index (χ0v) is 13.1. The van der Waals surface area contributed by atoms with Gasteiger partial charge in [0.2, 0.25) is 11.8 Å². The molecule has 4 N–H and O–H groups in total. The van der Waals surface area contributed by atoms with Crippen molar-refractivity contribution >= 4 is 17.5 Å². The SMILES string of the molecule is CCc1ccc(NC(=O)[C@H](C)NC(=O)C(N)C(C)C)cc1. The van der Waals surface area contributed by atoms with Crippen LogP contribution in [0.3, 0.4) is 0 Å². The molecule has 21 heavy (non-hydrogen) atoms. The summed E-state index contributed by atoms with van der Waals surface area (Å²) >= 11 is 0. The Morgan fingerprint density at radius 3 is 2.14 bits per heavy atom. The van der Waals surface area contributed by atoms with Gasteiger partial charge >= 0.3 is 0 Å². The number of carbonyl (C=O) groups is 2. The molecule has 0 saturated carbocycles. The van der Waals surface area contributed by atoms with Gasteiger partial charge in [-0.1, -0.05) is 32.9 Å². The average molecular weight is 291 g/mol. The Labute approximate surface area is 126 Å². The summed E-state index contributed by atoms with van der Waals surface area (Å²) in [6, 6.07) is 6.40. The van der Waals surface area contributed by atoms with E-state index >= 15 is 0 Å². The van der Waals surface area contributed by atoms with E-state index in [1.54, 1.807) is 6.92 Å². The van der Waals surface area contributed by atoms with Crippen LogP contribution in [0, 0.1) is 5.92 Å². The fourth-order valence-electron chi connectivity index (χ4n) is 1.75. The van der Waals surface area contributed by atoms with Gasteiger partial charge in [-0.3, -0.25) is 9.59 Å². The largest absolute Gasteiger partial charge is 0.343 e. The highest BCUT2D eigenvalue weighted by Gasteiger charge is 2.22. The molecule has 5 nitrogen and oxygen atoms in total. The number of amides is 2. The zero-order valence-electron chi connectivity index (χ0n) is 13.1. The van der Waals surface area contributed by atoms with Gasteiger partial charge in [0.1, 0.15) is 6.04 Å². The maximum Gasteiger partial charge on any atom is 0.246 e. The van der Waals surface area contributed by atoms with Gasteiger partial charge in [-0.05, 0) is 37.0 Å². The van der Waals surface area contributed by atoms with E-state index in [0.717, 1.165) is 6.42 Å². The van der Waals surface area contributed by atoms with Crippen molar-refractivity contribution in [1.82, 2.24) is 5.32 Å². The molecule has 0 spiro atoms. The van der Waals surface area contributed by atoms with Crippen molar-refractivity contribution in [2.45, 2.75) is 46.2 Å². The van der Waals surface area contributed by atoms with Crippen LogP contribution in [0.5, 0.6) is 0 Å². The van der Waals surface area contributed by atoms with E-state index in [1.807, 2.05) is 38.1 Å². The minimum Gasteiger partial charge on any atom is -0.343 e. The first-order valence-corrected chi connectivity index (χ1v) is 7.31. The average Bonchev–Trinajstić information content (AvgIpc) is 2.46. The topological polar surface area (TPSA) is 84.2 Å². The number of nitrogens with one attached hydrogen (secondary N) is 2. The summed E-state index contributed by atoms with van der Waals surface area (Å²) in [5.74, 6) is -0.542. The number of nitrogens with two attached hydrogens (primary N) is 1. The molecule has 2 atom stereocenters. The number of hydrogen-bond donors (Lipinski definition) is 3. The lowest BCUT2D eigenvalue weighted by Crippen LogP contribution is -2.50. The standard InChI is InChI=1S/C16H25N3O2/c1-5-12-6-8-13(9-7-12)19-15(20)11(4)18-16(21)14(17)10(2)3/h6-11,14H,5,17H2,1-4H3,(H,18,21)(H,19,20)/t11-,14?/m0/s1. The Bertz CT molecular complexity index is 483. The van der Waals surface area contributed by atoms with Crippen LogP contribution >= 0.6 is 0 Å². The second kappa shape index (κ2) is 7.78. The third kappa shape index (κ3) is 5.19. The first kappa shape index (κ1) is 17.2. The van der Waals surface area contributed by atoms with Crippen LogP contribution in [0.4, 0.5) is 5.69 Å². The molecule has 0 aliphatic heterocycles. The van der Waals surface area contributed by atoms with Crippen LogP contribution < -0.4 is 16.4 Å². The highest BCUT2D eigenvalue weighted by molar-refractivity contribution is 5.97. The molecule has 0 radical (unpaired) electrons. The second-order valence-corrected chi connectivity index (χ2v) is 5.54. The Kier molecular flexibility index (Phi) is 6.37. The number of benzene rings is 1. The summed E-state index contributed by atoms with van der Waals surface area (Å²) in [5, 5.41) is 5.40. The minimum absolute atomic E-state index is 0.0295. The number of aryl methyl sites for hydroxylation is 1. The molecule has 1 aromatic carbocycles. The molecular weight excluding hydrogens is 266 g/mol. The molecule has 5 heteroatoms. The molecule has 2 amide bonds. The number of rotatable bonds is 6. The Hall–Kier alpha value is -1.88. The smallest absolute Gasteiger partial charge is 0.246 e. The van der Waals surface area contributed by atoms with Crippen LogP contribution in [0.1, 0.15) is 33.3 Å². The quantitative estimate of drug-likeness (QED) is 0.745. The van der Waals surface area contributed by atoms with Gasteiger partial charge in [0.05, 0.1) is 6.04 Å². The number of hydrogen-bond acceptors (Lipinski definition) is 3. The number of carbonyl (C=O) groups excluding carboxylic acids is 2. The van der Waals surface area contributed by atoms with E-state index in [4.69, 9.17) is 5.73 Å². The molecule has 0 aromatic heterocycles. The highest BCUT2D eigenvalue weighted by Crippen LogP contribution is 2.10. The van der Waals surface area contributed by atoms with Gasteiger partial charge in [0, 0.05) is 5.69 Å². The first-order valence-electron chi connectivity index (χ1n) is 7.31. The summed E-state index contributed by atoms with van der Waals surface area (Å²) in [6.45, 7) is 7.44. The van der Waals surface area contributed by atoms with Gasteiger partial charge < -0.3 is 16.4 Å². The van der Waals surface area contributed by atoms with Crippen molar-refractivity contribution in [1.29, 1.82) is 0 Å². The molecule has 1 rings (SSSR count). The van der Waals surface area contributed by atoms with Crippen molar-refractivity contribution in [2.24, 2.45) is 11.7 Å². The Morgan fingerprint density at radius 2 is 1.67 bits per heavy atom. The van der Waals surface area contributed by atoms with E-state index in [2.05, 4.69) is 17.6 Å². The molecule has 0 aliphatic carbocycles. The van der Waals surface area contributed by atoms with Gasteiger partial charge in [-0.15, -0.1) is 0 Å². The third-order valence-corrected chi connectivity index (χ3v) is 3.40. The van der Waals surface area contributed by atoms with E-state index in [9.17, 15) is 9.59 Å². The summed E-state index contributed by atoms with van der Waals surface area (Å²) in [4.78, 5) is 23.8. The van der Waals surface area contributed by atoms with Crippen molar-refractivity contribution in [2.75, 3.05) is 5.32 Å². The van der Waals surface area contributed by atoms with Gasteiger partial charge in [0.15, 0.2) is 0 Å². The fourth-order valence-corrected chi connectivity index (χ4v) is 1.75. The lowest BCUT2D eigenvalue weighted by molar-refractivity contribution is -0.127. The molecule has 0 fully saturated rings. The normalized spacial score (nSPS) is 13.6. The van der Waals surface area contributed by atoms with Crippen molar-refractivity contribution in [3.8, 4) is 0 Å². The summed E-state index contributed by atoms with van der Waals surface area (Å²) < 4.78 is 0. The maximum atomic E-state index is 12.0. The molecule has 0 heterocycles. The van der Waals surface area contributed by atoms with Crippen LogP contribution in [0.15, 0.2) is 24.3 Å². The number of anilines is 1. The maximum absolute atomic E-state index is 12.0. The van der Waals surface area contributed by atoms with E-state index in [-0.39, 0.29) is 17.7 Å². The summed E-state index contributed by atoms with van der Waals surface area (Å²) in [5.41, 5.74) is 7.67. The van der Waals surface area contributed by atoms with Crippen molar-refractivity contribution < 1.29 is 9.59 Å². The van der Waals surface area contributed by atoms with Gasteiger partial charge in [0.25, 0.3) is 0 Å². The Balaban J connectivity index is 2.56. The molecule has 0 saturated heterocycles. The third-order valence-electron chi connectivity index (χ3n) is 3.40. The Morgan fingerprint density at radius 1 is 1.10 bits per heavy atom. The fraction of sp³-hybridized carbons (Fsp3) is 0.500. The monoisotopic (exact) mass is 291 g/mol. The molecule has 1 unspecified atom stereocenters. The van der Waals surface area contributed by atoms with E-state index in [0.29, 0.717) is 5.69 Å². The lowest BCUT2D eigenvalue weighted by Gasteiger charge is -2.19. The van der Waals surface area contributed by atoms with Crippen LogP contribution in [0.25, 0.3) is 0 Å². The lowest BCUT2D eigenvalue weighted by atomic mass is 10.0. The van der Waals surface area contributed by atoms with Crippen molar-refractivity contribution in [3.05, 3.63) is 29.8 Å². The van der Waals surface area contributed by atoms with Crippen LogP contribution in [-0.2, 0) is 16.0 Å². The van der Waals surface area contributed by atoms with Crippen LogP contribution in [-0.4, -0.2) is 23.9 Å². The van der Waals surface area contributed by atoms with Crippen LogP contribution in [0.2, 0.25) is 0 Å². The predicted octanol–water partition coefficient (Wildman–Crippen LogP) is 1.68. The van der Waals surface area contributed by atoms with E-state index < -0.39 is 12.1 Å². The van der Waals surface area contributed by atoms with Crippen molar-refractivity contribution in [3.63, 3.8) is 0 Å². The van der Waals surface area contributed by atoms with E-state index in [1.165, 1.54) is 5.56 Å². The highest BCUT2D eigenvalue weighted by atomic mass is 16.2. The zero-order chi connectivity index (χ0) is 16.0. The van der Waals surface area contributed by atoms with Gasteiger partial charge in [-0.25, -0.2) is 0 Å². The predicted molar refractivity (Wildman–Crippen MR) is 84.9 cm³/mol.